The zero-order valence-corrected chi connectivity index (χ0v) is 14.4. The lowest BCUT2D eigenvalue weighted by molar-refractivity contribution is -0.146. The number of fused-ring (bicyclic) bond motifs is 1. The summed E-state index contributed by atoms with van der Waals surface area (Å²) in [7, 11) is 1.81. The van der Waals surface area contributed by atoms with Crippen LogP contribution in [0.2, 0.25) is 0 Å². The molecule has 3 aromatic rings. The maximum atomic E-state index is 13.1. The van der Waals surface area contributed by atoms with E-state index in [1.807, 2.05) is 50.1 Å². The molecule has 3 rings (SSSR count). The van der Waals surface area contributed by atoms with E-state index in [1.54, 1.807) is 6.92 Å². The lowest BCUT2D eigenvalue weighted by atomic mass is 10.1. The summed E-state index contributed by atoms with van der Waals surface area (Å²) in [5, 5.41) is 11.1. The molecular weight excluding hydrogens is 331 g/mol. The third-order valence-corrected chi connectivity index (χ3v) is 4.35. The number of anilines is 1. The molecule has 2 heterocycles. The minimum atomic E-state index is -4.61. The van der Waals surface area contributed by atoms with E-state index in [4.69, 9.17) is 0 Å². The first kappa shape index (κ1) is 17.2. The van der Waals surface area contributed by atoms with E-state index in [9.17, 15) is 13.2 Å². The minimum absolute atomic E-state index is 0.123. The lowest BCUT2D eigenvalue weighted by Crippen LogP contribution is -2.22. The van der Waals surface area contributed by atoms with E-state index < -0.39 is 12.0 Å². The highest BCUT2D eigenvalue weighted by atomic mass is 19.4. The molecule has 0 spiro atoms. The molecule has 0 N–H and O–H groups in total. The average molecular weight is 349 g/mol. The second-order valence-electron chi connectivity index (χ2n) is 6.11. The molecule has 0 amide bonds. The molecule has 0 bridgehead atoms. The Balaban J connectivity index is 2.09. The number of alkyl halides is 3. The van der Waals surface area contributed by atoms with Crippen LogP contribution in [0.5, 0.6) is 0 Å². The smallest absolute Gasteiger partial charge is 0.354 e. The van der Waals surface area contributed by atoms with Crippen molar-refractivity contribution < 1.29 is 13.2 Å². The minimum Gasteiger partial charge on any atom is -0.354 e. The Bertz CT molecular complexity index is 930. The van der Waals surface area contributed by atoms with Crippen molar-refractivity contribution in [3.05, 3.63) is 52.3 Å². The fourth-order valence-electron chi connectivity index (χ4n) is 2.77. The molecule has 0 aliphatic rings. The highest BCUT2D eigenvalue weighted by Crippen LogP contribution is 2.30. The first-order chi connectivity index (χ1) is 11.7. The molecule has 0 unspecified atom stereocenters. The van der Waals surface area contributed by atoms with E-state index >= 15 is 0 Å². The second kappa shape index (κ2) is 6.02. The predicted octanol–water partition coefficient (Wildman–Crippen LogP) is 3.70. The standard InChI is InChI=1S/C17H18F3N5/c1-10-7-5-6-8-13(10)9-24(4)15-12(3)11(2)14-21-22-16(17(18,19)20)25(14)23-15/h5-8H,9H2,1-4H3. The van der Waals surface area contributed by atoms with Gasteiger partial charge in [-0.2, -0.15) is 17.7 Å². The summed E-state index contributed by atoms with van der Waals surface area (Å²) in [6.07, 6.45) is -4.61. The van der Waals surface area contributed by atoms with Gasteiger partial charge in [-0.05, 0) is 31.9 Å². The van der Waals surface area contributed by atoms with Gasteiger partial charge in [0.05, 0.1) is 0 Å². The summed E-state index contributed by atoms with van der Waals surface area (Å²) in [4.78, 5) is 1.84. The number of nitrogens with zero attached hydrogens (tertiary/aromatic N) is 5. The Morgan fingerprint density at radius 1 is 1.04 bits per heavy atom. The Kier molecular flexibility index (Phi) is 4.14. The van der Waals surface area contributed by atoms with Crippen LogP contribution < -0.4 is 4.90 Å². The first-order valence-corrected chi connectivity index (χ1v) is 7.75. The van der Waals surface area contributed by atoms with Gasteiger partial charge in [0.1, 0.15) is 0 Å². The predicted molar refractivity (Wildman–Crippen MR) is 88.5 cm³/mol. The van der Waals surface area contributed by atoms with Crippen molar-refractivity contribution in [1.29, 1.82) is 0 Å². The van der Waals surface area contributed by atoms with Crippen LogP contribution in [0.25, 0.3) is 5.65 Å². The molecule has 0 atom stereocenters. The normalized spacial score (nSPS) is 12.0. The van der Waals surface area contributed by atoms with Crippen molar-refractivity contribution in [3.8, 4) is 0 Å². The fraction of sp³-hybridized carbons (Fsp3) is 0.353. The van der Waals surface area contributed by atoms with Gasteiger partial charge in [-0.15, -0.1) is 15.3 Å². The molecule has 0 saturated carbocycles. The van der Waals surface area contributed by atoms with Crippen molar-refractivity contribution in [1.82, 2.24) is 19.8 Å². The van der Waals surface area contributed by atoms with E-state index in [0.717, 1.165) is 21.2 Å². The van der Waals surface area contributed by atoms with Gasteiger partial charge < -0.3 is 4.90 Å². The maximum Gasteiger partial charge on any atom is 0.453 e. The molecule has 0 aliphatic heterocycles. The Morgan fingerprint density at radius 2 is 1.72 bits per heavy atom. The second-order valence-corrected chi connectivity index (χ2v) is 6.11. The molecule has 5 nitrogen and oxygen atoms in total. The van der Waals surface area contributed by atoms with Crippen molar-refractivity contribution in [2.24, 2.45) is 0 Å². The first-order valence-electron chi connectivity index (χ1n) is 7.75. The molecule has 8 heteroatoms. The number of benzene rings is 1. The van der Waals surface area contributed by atoms with Crippen LogP contribution in [0, 0.1) is 20.8 Å². The van der Waals surface area contributed by atoms with Crippen LogP contribution in [-0.4, -0.2) is 26.9 Å². The third kappa shape index (κ3) is 3.04. The number of halogens is 3. The summed E-state index contributed by atoms with van der Waals surface area (Å²) in [6, 6.07) is 7.88. The van der Waals surface area contributed by atoms with E-state index in [2.05, 4.69) is 15.3 Å². The topological polar surface area (TPSA) is 46.3 Å². The SMILES string of the molecule is Cc1ccccc1CN(C)c1nn2c(C(F)(F)F)nnc2c(C)c1C. The summed E-state index contributed by atoms with van der Waals surface area (Å²) < 4.78 is 40.2. The molecule has 132 valence electrons. The van der Waals surface area contributed by atoms with Gasteiger partial charge in [0, 0.05) is 24.7 Å². The van der Waals surface area contributed by atoms with Gasteiger partial charge in [0.2, 0.25) is 0 Å². The van der Waals surface area contributed by atoms with E-state index in [-0.39, 0.29) is 5.65 Å². The summed E-state index contributed by atoms with van der Waals surface area (Å²) in [5.41, 5.74) is 3.74. The van der Waals surface area contributed by atoms with Crippen LogP contribution in [0.15, 0.2) is 24.3 Å². The molecule has 0 fully saturated rings. The summed E-state index contributed by atoms with van der Waals surface area (Å²) >= 11 is 0. The third-order valence-electron chi connectivity index (χ3n) is 4.35. The number of rotatable bonds is 3. The van der Waals surface area contributed by atoms with Crippen molar-refractivity contribution >= 4 is 11.5 Å². The number of aromatic nitrogens is 4. The van der Waals surface area contributed by atoms with Gasteiger partial charge in [0.15, 0.2) is 11.5 Å². The van der Waals surface area contributed by atoms with Crippen LogP contribution in [0.3, 0.4) is 0 Å². The van der Waals surface area contributed by atoms with Crippen molar-refractivity contribution in [2.45, 2.75) is 33.5 Å². The zero-order chi connectivity index (χ0) is 18.4. The lowest BCUT2D eigenvalue weighted by Gasteiger charge is -2.22. The largest absolute Gasteiger partial charge is 0.453 e. The van der Waals surface area contributed by atoms with Gasteiger partial charge >= 0.3 is 6.18 Å². The maximum absolute atomic E-state index is 13.1. The quantitative estimate of drug-likeness (QED) is 0.723. The number of aryl methyl sites for hydroxylation is 2. The zero-order valence-electron chi connectivity index (χ0n) is 14.4. The van der Waals surface area contributed by atoms with Gasteiger partial charge in [-0.3, -0.25) is 0 Å². The van der Waals surface area contributed by atoms with E-state index in [0.29, 0.717) is 17.9 Å². The Labute approximate surface area is 143 Å². The van der Waals surface area contributed by atoms with Gasteiger partial charge in [-0.1, -0.05) is 24.3 Å². The summed E-state index contributed by atoms with van der Waals surface area (Å²) in [6.45, 7) is 6.09. The highest BCUT2D eigenvalue weighted by Gasteiger charge is 2.38. The Morgan fingerprint density at radius 3 is 2.36 bits per heavy atom. The van der Waals surface area contributed by atoms with Crippen LogP contribution in [0.1, 0.15) is 28.1 Å². The molecule has 0 saturated heterocycles. The molecule has 2 aromatic heterocycles. The molecule has 1 aromatic carbocycles. The average Bonchev–Trinajstić information content (AvgIpc) is 2.97. The fourth-order valence-corrected chi connectivity index (χ4v) is 2.77. The molecular formula is C17H18F3N5. The van der Waals surface area contributed by atoms with Gasteiger partial charge in [0.25, 0.3) is 5.82 Å². The summed E-state index contributed by atoms with van der Waals surface area (Å²) in [5.74, 6) is -0.644. The molecule has 0 radical (unpaired) electrons. The van der Waals surface area contributed by atoms with E-state index in [1.165, 1.54) is 0 Å². The van der Waals surface area contributed by atoms with Crippen LogP contribution in [0.4, 0.5) is 19.0 Å². The Hall–Kier alpha value is -2.64. The number of hydrogen-bond acceptors (Lipinski definition) is 4. The molecule has 25 heavy (non-hydrogen) atoms. The van der Waals surface area contributed by atoms with Crippen LogP contribution in [-0.2, 0) is 12.7 Å². The monoisotopic (exact) mass is 349 g/mol. The highest BCUT2D eigenvalue weighted by molar-refractivity contribution is 5.59. The molecule has 0 aliphatic carbocycles. The number of hydrogen-bond donors (Lipinski definition) is 0. The van der Waals surface area contributed by atoms with Crippen molar-refractivity contribution in [2.75, 3.05) is 11.9 Å². The van der Waals surface area contributed by atoms with Gasteiger partial charge in [-0.25, -0.2) is 0 Å². The van der Waals surface area contributed by atoms with Crippen molar-refractivity contribution in [3.63, 3.8) is 0 Å². The van der Waals surface area contributed by atoms with Crippen LogP contribution >= 0.6 is 0 Å².